The second kappa shape index (κ2) is 5.72. The third-order valence-electron chi connectivity index (χ3n) is 4.18. The number of nitrogens with zero attached hydrogens (tertiary/aromatic N) is 5. The molecule has 2 aromatic carbocycles. The van der Waals surface area contributed by atoms with E-state index in [1.807, 2.05) is 42.5 Å². The van der Waals surface area contributed by atoms with Crippen LogP contribution in [0.4, 0.5) is 5.95 Å². The fourth-order valence-corrected chi connectivity index (χ4v) is 3.05. The standard InChI is InChI=1S/C17H17N5O/c1-23-16-9-5-6-13-12-21(11-10-15(13)16)17-18-19-20-22(17)14-7-3-2-4-8-14/h2-9H,10-12H2,1H3. The van der Waals surface area contributed by atoms with E-state index in [1.165, 1.54) is 11.1 Å². The van der Waals surface area contributed by atoms with E-state index >= 15 is 0 Å². The summed E-state index contributed by atoms with van der Waals surface area (Å²) in [4.78, 5) is 2.20. The molecule has 0 saturated carbocycles. The molecule has 1 aromatic heterocycles. The number of ether oxygens (including phenoxy) is 1. The van der Waals surface area contributed by atoms with E-state index in [1.54, 1.807) is 11.8 Å². The summed E-state index contributed by atoms with van der Waals surface area (Å²) in [5.41, 5.74) is 3.51. The van der Waals surface area contributed by atoms with E-state index in [2.05, 4.69) is 26.5 Å². The summed E-state index contributed by atoms with van der Waals surface area (Å²) in [7, 11) is 1.72. The van der Waals surface area contributed by atoms with Crippen molar-refractivity contribution in [3.05, 3.63) is 59.7 Å². The maximum absolute atomic E-state index is 5.47. The normalized spacial score (nSPS) is 13.7. The predicted octanol–water partition coefficient (Wildman–Crippen LogP) is 2.23. The number of methoxy groups -OCH3 is 1. The molecule has 6 heteroatoms. The first kappa shape index (κ1) is 13.8. The van der Waals surface area contributed by atoms with Gasteiger partial charge in [0.1, 0.15) is 5.75 Å². The number of benzene rings is 2. The number of aromatic nitrogens is 4. The average molecular weight is 307 g/mol. The summed E-state index contributed by atoms with van der Waals surface area (Å²) in [6, 6.07) is 16.1. The average Bonchev–Trinajstić information content (AvgIpc) is 3.11. The molecular weight excluding hydrogens is 290 g/mol. The zero-order valence-electron chi connectivity index (χ0n) is 12.9. The molecular formula is C17H17N5O. The molecule has 0 fully saturated rings. The number of fused-ring (bicyclic) bond motifs is 1. The zero-order valence-corrected chi connectivity index (χ0v) is 12.9. The first-order valence-corrected chi connectivity index (χ1v) is 7.60. The number of rotatable bonds is 3. The molecule has 0 aliphatic carbocycles. The van der Waals surface area contributed by atoms with Crippen molar-refractivity contribution in [2.24, 2.45) is 0 Å². The highest BCUT2D eigenvalue weighted by atomic mass is 16.5. The lowest BCUT2D eigenvalue weighted by atomic mass is 9.99. The molecule has 0 radical (unpaired) electrons. The van der Waals surface area contributed by atoms with Gasteiger partial charge in [-0.25, -0.2) is 0 Å². The molecule has 0 saturated heterocycles. The lowest BCUT2D eigenvalue weighted by molar-refractivity contribution is 0.407. The van der Waals surface area contributed by atoms with Crippen molar-refractivity contribution in [2.45, 2.75) is 13.0 Å². The van der Waals surface area contributed by atoms with Crippen molar-refractivity contribution in [1.82, 2.24) is 20.2 Å². The van der Waals surface area contributed by atoms with Crippen molar-refractivity contribution in [3.8, 4) is 11.4 Å². The second-order valence-electron chi connectivity index (χ2n) is 5.50. The first-order chi connectivity index (χ1) is 11.4. The van der Waals surface area contributed by atoms with Gasteiger partial charge in [0.2, 0.25) is 0 Å². The molecule has 2 heterocycles. The van der Waals surface area contributed by atoms with E-state index in [4.69, 9.17) is 4.74 Å². The number of hydrogen-bond acceptors (Lipinski definition) is 5. The van der Waals surface area contributed by atoms with Crippen LogP contribution in [0, 0.1) is 0 Å². The Kier molecular flexibility index (Phi) is 3.42. The smallest absolute Gasteiger partial charge is 0.250 e. The third kappa shape index (κ3) is 2.42. The van der Waals surface area contributed by atoms with Crippen LogP contribution >= 0.6 is 0 Å². The zero-order chi connectivity index (χ0) is 15.6. The Hall–Kier alpha value is -2.89. The molecule has 0 atom stereocenters. The number of anilines is 1. The molecule has 1 aliphatic rings. The van der Waals surface area contributed by atoms with Crippen molar-refractivity contribution in [1.29, 1.82) is 0 Å². The quantitative estimate of drug-likeness (QED) is 0.743. The predicted molar refractivity (Wildman–Crippen MR) is 86.9 cm³/mol. The summed E-state index contributed by atoms with van der Waals surface area (Å²) < 4.78 is 7.25. The van der Waals surface area contributed by atoms with Crippen LogP contribution in [0.3, 0.4) is 0 Å². The Morgan fingerprint density at radius 2 is 1.91 bits per heavy atom. The van der Waals surface area contributed by atoms with Crippen molar-refractivity contribution < 1.29 is 4.74 Å². The minimum Gasteiger partial charge on any atom is -0.496 e. The summed E-state index contributed by atoms with van der Waals surface area (Å²) in [6.45, 7) is 1.64. The van der Waals surface area contributed by atoms with Crippen LogP contribution < -0.4 is 9.64 Å². The monoisotopic (exact) mass is 307 g/mol. The number of hydrogen-bond donors (Lipinski definition) is 0. The lowest BCUT2D eigenvalue weighted by Crippen LogP contribution is -2.32. The van der Waals surface area contributed by atoms with Gasteiger partial charge in [-0.15, -0.1) is 0 Å². The van der Waals surface area contributed by atoms with Gasteiger partial charge < -0.3 is 9.64 Å². The maximum Gasteiger partial charge on any atom is 0.250 e. The summed E-state index contributed by atoms with van der Waals surface area (Å²) in [6.07, 6.45) is 0.918. The van der Waals surface area contributed by atoms with Crippen LogP contribution in [-0.4, -0.2) is 33.9 Å². The van der Waals surface area contributed by atoms with Crippen LogP contribution in [-0.2, 0) is 13.0 Å². The fourth-order valence-electron chi connectivity index (χ4n) is 3.05. The summed E-state index contributed by atoms with van der Waals surface area (Å²) >= 11 is 0. The van der Waals surface area contributed by atoms with Gasteiger partial charge >= 0.3 is 0 Å². The lowest BCUT2D eigenvalue weighted by Gasteiger charge is -2.29. The van der Waals surface area contributed by atoms with Gasteiger partial charge in [0.25, 0.3) is 5.95 Å². The molecule has 3 aromatic rings. The maximum atomic E-state index is 5.47. The van der Waals surface area contributed by atoms with Crippen LogP contribution in [0.2, 0.25) is 0 Å². The number of tetrazole rings is 1. The van der Waals surface area contributed by atoms with Crippen LogP contribution in [0.25, 0.3) is 5.69 Å². The first-order valence-electron chi connectivity index (χ1n) is 7.60. The molecule has 0 spiro atoms. The molecule has 0 amide bonds. The minimum absolute atomic E-state index is 0.768. The molecule has 23 heavy (non-hydrogen) atoms. The van der Waals surface area contributed by atoms with Gasteiger partial charge in [0.05, 0.1) is 12.8 Å². The summed E-state index contributed by atoms with van der Waals surface area (Å²) in [5, 5.41) is 12.2. The molecule has 0 bridgehead atoms. The fraction of sp³-hybridized carbons (Fsp3) is 0.235. The number of para-hydroxylation sites is 1. The van der Waals surface area contributed by atoms with E-state index in [0.29, 0.717) is 0 Å². The van der Waals surface area contributed by atoms with E-state index < -0.39 is 0 Å². The molecule has 0 unspecified atom stereocenters. The highest BCUT2D eigenvalue weighted by molar-refractivity contribution is 5.48. The third-order valence-corrected chi connectivity index (χ3v) is 4.18. The Balaban J connectivity index is 1.68. The van der Waals surface area contributed by atoms with Gasteiger partial charge in [-0.2, -0.15) is 4.68 Å². The summed E-state index contributed by atoms with van der Waals surface area (Å²) in [5.74, 6) is 1.73. The Labute approximate surface area is 134 Å². The Bertz CT molecular complexity index is 815. The van der Waals surface area contributed by atoms with E-state index in [0.717, 1.165) is 36.9 Å². The second-order valence-corrected chi connectivity index (χ2v) is 5.50. The van der Waals surface area contributed by atoms with Gasteiger partial charge in [0, 0.05) is 18.7 Å². The van der Waals surface area contributed by atoms with Gasteiger partial charge in [-0.3, -0.25) is 0 Å². The highest BCUT2D eigenvalue weighted by Gasteiger charge is 2.23. The largest absolute Gasteiger partial charge is 0.496 e. The van der Waals surface area contributed by atoms with Gasteiger partial charge in [-0.05, 0) is 40.6 Å². The topological polar surface area (TPSA) is 56.1 Å². The van der Waals surface area contributed by atoms with Crippen molar-refractivity contribution in [2.75, 3.05) is 18.6 Å². The van der Waals surface area contributed by atoms with E-state index in [-0.39, 0.29) is 0 Å². The molecule has 6 nitrogen and oxygen atoms in total. The van der Waals surface area contributed by atoms with Gasteiger partial charge in [0.15, 0.2) is 0 Å². The van der Waals surface area contributed by atoms with Gasteiger partial charge in [-0.1, -0.05) is 35.4 Å². The van der Waals surface area contributed by atoms with Crippen molar-refractivity contribution >= 4 is 5.95 Å². The highest BCUT2D eigenvalue weighted by Crippen LogP contribution is 2.29. The molecule has 4 rings (SSSR count). The Morgan fingerprint density at radius 3 is 2.74 bits per heavy atom. The molecule has 1 aliphatic heterocycles. The Morgan fingerprint density at radius 1 is 1.04 bits per heavy atom. The molecule has 0 N–H and O–H groups in total. The van der Waals surface area contributed by atoms with Crippen LogP contribution in [0.1, 0.15) is 11.1 Å². The molecule has 116 valence electrons. The minimum atomic E-state index is 0.768. The van der Waals surface area contributed by atoms with Crippen molar-refractivity contribution in [3.63, 3.8) is 0 Å². The van der Waals surface area contributed by atoms with Crippen LogP contribution in [0.5, 0.6) is 5.75 Å². The SMILES string of the molecule is COc1cccc2c1CCN(c1nnnn1-c1ccccc1)C2. The van der Waals surface area contributed by atoms with Crippen LogP contribution in [0.15, 0.2) is 48.5 Å². The van der Waals surface area contributed by atoms with E-state index in [9.17, 15) is 0 Å².